The summed E-state index contributed by atoms with van der Waals surface area (Å²) in [5.74, 6) is 0.417. The Kier molecular flexibility index (Phi) is 7.11. The van der Waals surface area contributed by atoms with E-state index in [-0.39, 0.29) is 18.1 Å². The zero-order valence-corrected chi connectivity index (χ0v) is 19.4. The quantitative estimate of drug-likeness (QED) is 0.351. The van der Waals surface area contributed by atoms with Crippen molar-refractivity contribution in [2.24, 2.45) is 0 Å². The number of carbonyl (C=O) groups is 2. The number of aromatic hydroxyl groups is 1. The van der Waals surface area contributed by atoms with Gasteiger partial charge in [0.2, 0.25) is 5.91 Å². The van der Waals surface area contributed by atoms with Crippen LogP contribution in [0.2, 0.25) is 0 Å². The first-order chi connectivity index (χ1) is 17.0. The number of benzene rings is 3. The Morgan fingerprint density at radius 2 is 1.63 bits per heavy atom. The number of hydrazine groups is 1. The summed E-state index contributed by atoms with van der Waals surface area (Å²) in [5.41, 5.74) is 7.91. The van der Waals surface area contributed by atoms with E-state index >= 15 is 0 Å². The highest BCUT2D eigenvalue weighted by atomic mass is 16.5. The van der Waals surface area contributed by atoms with Crippen LogP contribution in [0.3, 0.4) is 0 Å². The maximum absolute atomic E-state index is 13.1. The Hall–Kier alpha value is -4.59. The lowest BCUT2D eigenvalue weighted by molar-refractivity contribution is -0.121. The van der Waals surface area contributed by atoms with Gasteiger partial charge >= 0.3 is 0 Å². The summed E-state index contributed by atoms with van der Waals surface area (Å²) >= 11 is 0. The summed E-state index contributed by atoms with van der Waals surface area (Å²) in [6.07, 6.45) is 0.446. The number of para-hydroxylation sites is 2. The molecule has 2 amide bonds. The van der Waals surface area contributed by atoms with Gasteiger partial charge in [-0.25, -0.2) is 4.98 Å². The van der Waals surface area contributed by atoms with Gasteiger partial charge in [0.25, 0.3) is 5.91 Å². The van der Waals surface area contributed by atoms with Gasteiger partial charge in [0, 0.05) is 17.4 Å². The van der Waals surface area contributed by atoms with Gasteiger partial charge in [-0.2, -0.15) is 0 Å². The van der Waals surface area contributed by atoms with E-state index in [0.717, 1.165) is 5.56 Å². The molecule has 0 fully saturated rings. The molecule has 35 heavy (non-hydrogen) atoms. The number of nitrogens with zero attached hydrogens (tertiary/aromatic N) is 1. The maximum atomic E-state index is 13.1. The van der Waals surface area contributed by atoms with Gasteiger partial charge in [0.15, 0.2) is 11.5 Å². The largest absolute Gasteiger partial charge is 0.508 e. The number of hydrogen-bond donors (Lipinski definition) is 3. The van der Waals surface area contributed by atoms with Crippen LogP contribution in [0.25, 0.3) is 22.2 Å². The molecule has 0 saturated heterocycles. The van der Waals surface area contributed by atoms with E-state index in [0.29, 0.717) is 45.6 Å². The van der Waals surface area contributed by atoms with Crippen molar-refractivity contribution in [2.45, 2.75) is 12.8 Å². The highest BCUT2D eigenvalue weighted by Crippen LogP contribution is 2.33. The molecule has 0 aliphatic heterocycles. The topological polar surface area (TPSA) is 110 Å². The van der Waals surface area contributed by atoms with Crippen LogP contribution < -0.4 is 20.3 Å². The molecule has 0 bridgehead atoms. The van der Waals surface area contributed by atoms with Crippen LogP contribution in [-0.2, 0) is 11.2 Å². The van der Waals surface area contributed by atoms with E-state index < -0.39 is 5.91 Å². The van der Waals surface area contributed by atoms with E-state index in [9.17, 15) is 14.7 Å². The van der Waals surface area contributed by atoms with E-state index in [1.54, 1.807) is 62.8 Å². The molecule has 0 unspecified atom stereocenters. The minimum atomic E-state index is -0.471. The second-order valence-electron chi connectivity index (χ2n) is 7.77. The molecule has 3 N–H and O–H groups in total. The first-order valence-corrected chi connectivity index (χ1v) is 11.0. The van der Waals surface area contributed by atoms with Crippen molar-refractivity contribution in [1.29, 1.82) is 0 Å². The zero-order chi connectivity index (χ0) is 24.8. The number of methoxy groups -OCH3 is 2. The molecule has 4 rings (SSSR count). The summed E-state index contributed by atoms with van der Waals surface area (Å²) in [6.45, 7) is 0. The standard InChI is InChI=1S/C27H25N3O5/c1-34-24-13-11-18(15-25(24)35-2)22-16-20(19-8-4-5-9-21(19)28-22)27(33)30-29-26(32)14-12-17-7-3-6-10-23(17)31/h3-11,13,15-16,31H,12,14H2,1-2H3,(H,29,32)(H,30,33). The molecule has 8 nitrogen and oxygen atoms in total. The van der Waals surface area contributed by atoms with Crippen molar-refractivity contribution in [2.75, 3.05) is 14.2 Å². The number of ether oxygens (including phenoxy) is 2. The number of hydrogen-bond acceptors (Lipinski definition) is 6. The molecule has 0 saturated carbocycles. The molecule has 0 atom stereocenters. The van der Waals surface area contributed by atoms with Gasteiger partial charge in [0.1, 0.15) is 5.75 Å². The van der Waals surface area contributed by atoms with Crippen LogP contribution in [0, 0.1) is 0 Å². The molecular formula is C27H25N3O5. The number of pyridine rings is 1. The summed E-state index contributed by atoms with van der Waals surface area (Å²) < 4.78 is 10.7. The van der Waals surface area contributed by atoms with Crippen molar-refractivity contribution in [3.63, 3.8) is 0 Å². The minimum absolute atomic E-state index is 0.103. The number of amides is 2. The molecule has 1 heterocycles. The minimum Gasteiger partial charge on any atom is -0.508 e. The van der Waals surface area contributed by atoms with Gasteiger partial charge in [0.05, 0.1) is 31.0 Å². The van der Waals surface area contributed by atoms with Crippen LogP contribution in [0.5, 0.6) is 17.2 Å². The van der Waals surface area contributed by atoms with E-state index in [2.05, 4.69) is 10.9 Å². The monoisotopic (exact) mass is 471 g/mol. The maximum Gasteiger partial charge on any atom is 0.270 e. The summed E-state index contributed by atoms with van der Waals surface area (Å²) in [6, 6.07) is 21.2. The molecule has 0 aliphatic rings. The first-order valence-electron chi connectivity index (χ1n) is 11.0. The molecule has 0 spiro atoms. The molecule has 0 aliphatic carbocycles. The third-order valence-corrected chi connectivity index (χ3v) is 5.57. The number of fused-ring (bicyclic) bond motifs is 1. The smallest absolute Gasteiger partial charge is 0.270 e. The summed E-state index contributed by atoms with van der Waals surface area (Å²) in [5, 5.41) is 10.5. The van der Waals surface area contributed by atoms with Crippen LogP contribution in [0.15, 0.2) is 72.8 Å². The number of nitrogens with one attached hydrogen (secondary N) is 2. The van der Waals surface area contributed by atoms with Crippen molar-refractivity contribution in [1.82, 2.24) is 15.8 Å². The van der Waals surface area contributed by atoms with Gasteiger partial charge in [-0.15, -0.1) is 0 Å². The Bertz CT molecular complexity index is 1390. The Labute approximate surface area is 202 Å². The number of carbonyl (C=O) groups excluding carboxylic acids is 2. The fraction of sp³-hybridized carbons (Fsp3) is 0.148. The Balaban J connectivity index is 1.54. The predicted molar refractivity (Wildman–Crippen MR) is 132 cm³/mol. The van der Waals surface area contributed by atoms with Crippen LogP contribution in [-0.4, -0.2) is 36.1 Å². The van der Waals surface area contributed by atoms with E-state index in [1.807, 2.05) is 24.3 Å². The van der Waals surface area contributed by atoms with Crippen molar-refractivity contribution in [3.05, 3.63) is 83.9 Å². The van der Waals surface area contributed by atoms with Crippen molar-refractivity contribution >= 4 is 22.7 Å². The predicted octanol–water partition coefficient (Wildman–Crippen LogP) is 4.02. The first kappa shape index (κ1) is 23.6. The van der Waals surface area contributed by atoms with E-state index in [1.165, 1.54) is 0 Å². The van der Waals surface area contributed by atoms with Gasteiger partial charge in [-0.1, -0.05) is 36.4 Å². The molecular weight excluding hydrogens is 446 g/mol. The summed E-state index contributed by atoms with van der Waals surface area (Å²) in [7, 11) is 3.11. The fourth-order valence-corrected chi connectivity index (χ4v) is 3.73. The second kappa shape index (κ2) is 10.6. The molecule has 8 heteroatoms. The lowest BCUT2D eigenvalue weighted by atomic mass is 10.0. The molecule has 3 aromatic carbocycles. The Morgan fingerprint density at radius 1 is 0.886 bits per heavy atom. The summed E-state index contributed by atoms with van der Waals surface area (Å²) in [4.78, 5) is 30.1. The molecule has 1 aromatic heterocycles. The van der Waals surface area contributed by atoms with Crippen molar-refractivity contribution < 1.29 is 24.2 Å². The molecule has 4 aromatic rings. The second-order valence-corrected chi connectivity index (χ2v) is 7.77. The number of phenolic OH excluding ortho intramolecular Hbond substituents is 1. The van der Waals surface area contributed by atoms with Gasteiger partial charge in [-0.05, 0) is 48.4 Å². The molecule has 178 valence electrons. The molecule has 0 radical (unpaired) electrons. The number of aryl methyl sites for hydroxylation is 1. The van der Waals surface area contributed by atoms with Crippen LogP contribution in [0.4, 0.5) is 0 Å². The Morgan fingerprint density at radius 3 is 2.40 bits per heavy atom. The van der Waals surface area contributed by atoms with E-state index in [4.69, 9.17) is 14.5 Å². The highest BCUT2D eigenvalue weighted by Gasteiger charge is 2.16. The van der Waals surface area contributed by atoms with Gasteiger partial charge < -0.3 is 14.6 Å². The third-order valence-electron chi connectivity index (χ3n) is 5.57. The zero-order valence-electron chi connectivity index (χ0n) is 19.4. The van der Waals surface area contributed by atoms with Gasteiger partial charge in [-0.3, -0.25) is 20.4 Å². The fourth-order valence-electron chi connectivity index (χ4n) is 3.73. The SMILES string of the molecule is COc1ccc(-c2cc(C(=O)NNC(=O)CCc3ccccc3O)c3ccccc3n2)cc1OC. The normalized spacial score (nSPS) is 10.6. The lowest BCUT2D eigenvalue weighted by Gasteiger charge is -2.13. The third kappa shape index (κ3) is 5.33. The van der Waals surface area contributed by atoms with Crippen LogP contribution in [0.1, 0.15) is 22.3 Å². The average Bonchev–Trinajstić information content (AvgIpc) is 2.90. The highest BCUT2D eigenvalue weighted by molar-refractivity contribution is 6.07. The number of phenols is 1. The van der Waals surface area contributed by atoms with Crippen molar-refractivity contribution in [3.8, 4) is 28.5 Å². The van der Waals surface area contributed by atoms with Crippen LogP contribution >= 0.6 is 0 Å². The number of rotatable bonds is 7. The average molecular weight is 472 g/mol. The number of aromatic nitrogens is 1. The lowest BCUT2D eigenvalue weighted by Crippen LogP contribution is -2.41.